The zero-order valence-corrected chi connectivity index (χ0v) is 33.0. The van der Waals surface area contributed by atoms with Crippen molar-refractivity contribution in [2.24, 2.45) is 5.41 Å². The molecule has 3 aliphatic rings. The smallest absolute Gasteiger partial charge is 0.169 e. The maximum atomic E-state index is 6.74. The Kier molecular flexibility index (Phi) is 22.9. The topological polar surface area (TPSA) is 21.7 Å². The second kappa shape index (κ2) is 26.6. The molecule has 1 saturated carbocycles. The van der Waals surface area contributed by atoms with Gasteiger partial charge in [-0.05, 0) is 95.9 Å². The highest BCUT2D eigenvalue weighted by Gasteiger charge is 2.57. The van der Waals surface area contributed by atoms with Crippen LogP contribution in [0.2, 0.25) is 0 Å². The Morgan fingerprint density at radius 2 is 0.878 bits per heavy atom. The highest BCUT2D eigenvalue weighted by molar-refractivity contribution is 5.02. The molecule has 0 aromatic heterocycles. The van der Waals surface area contributed by atoms with Crippen molar-refractivity contribution in [3.8, 4) is 0 Å². The van der Waals surface area contributed by atoms with Crippen LogP contribution in [-0.4, -0.2) is 43.0 Å². The summed E-state index contributed by atoms with van der Waals surface area (Å²) in [6, 6.07) is 0. The number of hydrogen-bond donors (Lipinski definition) is 0. The van der Waals surface area contributed by atoms with Gasteiger partial charge in [0.1, 0.15) is 12.2 Å². The minimum atomic E-state index is -0.271. The van der Waals surface area contributed by atoms with Crippen molar-refractivity contribution in [3.63, 3.8) is 0 Å². The molecule has 0 aromatic carbocycles. The van der Waals surface area contributed by atoms with Crippen molar-refractivity contribution in [2.75, 3.05) is 20.1 Å². The van der Waals surface area contributed by atoms with Crippen molar-refractivity contribution < 1.29 is 9.47 Å². The van der Waals surface area contributed by atoms with Crippen LogP contribution in [0.4, 0.5) is 0 Å². The number of likely N-dealkylation sites (N-methyl/N-ethyl adjacent to an activating group) is 1. The molecule has 2 heterocycles. The number of hydrogen-bond acceptors (Lipinski definition) is 3. The summed E-state index contributed by atoms with van der Waals surface area (Å²) in [5.74, 6) is -0.271. The van der Waals surface area contributed by atoms with Gasteiger partial charge in [-0.25, -0.2) is 0 Å². The summed E-state index contributed by atoms with van der Waals surface area (Å²) in [5, 5.41) is 0. The second-order valence-electron chi connectivity index (χ2n) is 16.3. The van der Waals surface area contributed by atoms with E-state index in [4.69, 9.17) is 9.47 Å². The molecular formula is C46H81NO2. The summed E-state index contributed by atoms with van der Waals surface area (Å²) in [7, 11) is 2.20. The van der Waals surface area contributed by atoms with E-state index < -0.39 is 0 Å². The van der Waals surface area contributed by atoms with Crippen LogP contribution in [0.5, 0.6) is 0 Å². The van der Waals surface area contributed by atoms with Gasteiger partial charge < -0.3 is 14.4 Å². The van der Waals surface area contributed by atoms with Crippen molar-refractivity contribution in [2.45, 2.75) is 218 Å². The third-order valence-corrected chi connectivity index (χ3v) is 11.6. The first kappa shape index (κ1) is 42.3. The lowest BCUT2D eigenvalue weighted by Crippen LogP contribution is -2.33. The predicted octanol–water partition coefficient (Wildman–Crippen LogP) is 14.0. The molecule has 3 heteroatoms. The lowest BCUT2D eigenvalue weighted by atomic mass is 9.76. The van der Waals surface area contributed by atoms with Crippen LogP contribution in [-0.2, 0) is 9.47 Å². The van der Waals surface area contributed by atoms with Crippen LogP contribution in [0.1, 0.15) is 200 Å². The van der Waals surface area contributed by atoms with E-state index >= 15 is 0 Å². The largest absolute Gasteiger partial charge is 0.343 e. The predicted molar refractivity (Wildman–Crippen MR) is 214 cm³/mol. The maximum Gasteiger partial charge on any atom is 0.169 e. The highest BCUT2D eigenvalue weighted by Crippen LogP contribution is 2.56. The molecule has 3 nitrogen and oxygen atoms in total. The molecule has 3 rings (SSSR count). The Balaban J connectivity index is 1.26. The molecule has 0 amide bonds. The molecule has 0 aromatic rings. The molecule has 1 spiro atoms. The first-order valence-corrected chi connectivity index (χ1v) is 21.7. The van der Waals surface area contributed by atoms with Gasteiger partial charge >= 0.3 is 0 Å². The van der Waals surface area contributed by atoms with Gasteiger partial charge in [-0.3, -0.25) is 0 Å². The summed E-state index contributed by atoms with van der Waals surface area (Å²) >= 11 is 0. The normalized spacial score (nSPS) is 24.0. The minimum absolute atomic E-state index is 0.271. The van der Waals surface area contributed by atoms with Crippen LogP contribution in [0.3, 0.4) is 0 Å². The number of allylic oxidation sites excluding steroid dienone is 8. The monoisotopic (exact) mass is 680 g/mol. The summed E-state index contributed by atoms with van der Waals surface area (Å²) in [4.78, 5) is 2.37. The van der Waals surface area contributed by atoms with Crippen LogP contribution in [0.25, 0.3) is 0 Å². The third kappa shape index (κ3) is 18.2. The van der Waals surface area contributed by atoms with Crippen LogP contribution < -0.4 is 0 Å². The Hall–Kier alpha value is -1.16. The molecule has 2 saturated heterocycles. The van der Waals surface area contributed by atoms with E-state index in [1.807, 2.05) is 0 Å². The van der Waals surface area contributed by atoms with Crippen LogP contribution >= 0.6 is 0 Å². The Labute approximate surface area is 305 Å². The molecule has 0 radical (unpaired) electrons. The van der Waals surface area contributed by atoms with E-state index in [1.54, 1.807) is 0 Å². The highest BCUT2D eigenvalue weighted by atomic mass is 16.8. The van der Waals surface area contributed by atoms with Gasteiger partial charge in [0, 0.05) is 25.9 Å². The van der Waals surface area contributed by atoms with Gasteiger partial charge in [0.2, 0.25) is 0 Å². The summed E-state index contributed by atoms with van der Waals surface area (Å²) in [6.07, 6.45) is 57.8. The van der Waals surface area contributed by atoms with Gasteiger partial charge in [0.25, 0.3) is 0 Å². The fourth-order valence-electron chi connectivity index (χ4n) is 8.66. The van der Waals surface area contributed by atoms with Gasteiger partial charge in [-0.15, -0.1) is 0 Å². The molecular weight excluding hydrogens is 599 g/mol. The fourth-order valence-corrected chi connectivity index (χ4v) is 8.66. The third-order valence-electron chi connectivity index (χ3n) is 11.6. The number of likely N-dealkylation sites (tertiary alicyclic amines) is 1. The van der Waals surface area contributed by atoms with Crippen molar-refractivity contribution >= 4 is 0 Å². The lowest BCUT2D eigenvalue weighted by molar-refractivity contribution is -0.183. The quantitative estimate of drug-likeness (QED) is 0.0557. The van der Waals surface area contributed by atoms with Crippen molar-refractivity contribution in [1.82, 2.24) is 4.90 Å². The first-order valence-electron chi connectivity index (χ1n) is 21.7. The molecule has 1 aliphatic carbocycles. The maximum absolute atomic E-state index is 6.74. The fraction of sp³-hybridized carbons (Fsp3) is 0.826. The molecule has 2 aliphatic heterocycles. The van der Waals surface area contributed by atoms with Crippen LogP contribution in [0, 0.1) is 5.41 Å². The molecule has 282 valence electrons. The van der Waals surface area contributed by atoms with E-state index in [0.717, 1.165) is 38.8 Å². The zero-order chi connectivity index (χ0) is 34.7. The number of ether oxygens (including phenoxy) is 2. The van der Waals surface area contributed by atoms with Crippen molar-refractivity contribution in [1.29, 1.82) is 0 Å². The van der Waals surface area contributed by atoms with Crippen molar-refractivity contribution in [3.05, 3.63) is 48.6 Å². The molecule has 3 fully saturated rings. The average Bonchev–Trinajstić information content (AvgIpc) is 3.73. The van der Waals surface area contributed by atoms with E-state index in [1.165, 1.54) is 161 Å². The van der Waals surface area contributed by atoms with E-state index in [9.17, 15) is 0 Å². The van der Waals surface area contributed by atoms with E-state index in [-0.39, 0.29) is 5.79 Å². The number of nitrogens with zero attached hydrogens (tertiary/aromatic N) is 1. The summed E-state index contributed by atoms with van der Waals surface area (Å²) in [5.41, 5.74) is 0.440. The number of rotatable bonds is 30. The second-order valence-corrected chi connectivity index (χ2v) is 16.3. The Morgan fingerprint density at radius 3 is 1.31 bits per heavy atom. The van der Waals surface area contributed by atoms with E-state index in [0.29, 0.717) is 17.6 Å². The first-order chi connectivity index (χ1) is 24.1. The Bertz CT molecular complexity index is 856. The zero-order valence-electron chi connectivity index (χ0n) is 33.0. The summed E-state index contributed by atoms with van der Waals surface area (Å²) in [6.45, 7) is 6.63. The van der Waals surface area contributed by atoms with Gasteiger partial charge in [0.15, 0.2) is 5.79 Å². The molecule has 0 N–H and O–H groups in total. The average molecular weight is 680 g/mol. The molecule has 0 bridgehead atoms. The van der Waals surface area contributed by atoms with Gasteiger partial charge in [0.05, 0.1) is 0 Å². The minimum Gasteiger partial charge on any atom is -0.343 e. The number of unbranched alkanes of at least 4 members (excludes halogenated alkanes) is 18. The Morgan fingerprint density at radius 1 is 0.490 bits per heavy atom. The van der Waals surface area contributed by atoms with Crippen LogP contribution in [0.15, 0.2) is 48.6 Å². The number of fused-ring (bicyclic) bond motifs is 1. The standard InChI is InChI=1S/C46H81NO2/c1-4-6-8-10-12-14-16-18-20-22-24-26-28-30-32-34-36-45(38-39-46(42-45)48-43-40-47(3)41-44(43)49-46)37-35-33-31-29-27-25-23-21-19-17-15-13-11-9-7-5-2/h12-15,18-21,43-44H,4-11,16-17,22-42H2,1-3H3/t43-,44-,45?/m0/s1. The SMILES string of the molecule is CCCCCC=CCC=CCCCCCCCCC1(CCCCCCCCC=CCC=CCCCCC)CCC2(C1)O[C@H]1CN(C)C[C@@H]1O2. The van der Waals surface area contributed by atoms with Gasteiger partial charge in [-0.1, -0.05) is 152 Å². The summed E-state index contributed by atoms with van der Waals surface area (Å²) < 4.78 is 13.5. The molecule has 2 atom stereocenters. The van der Waals surface area contributed by atoms with Gasteiger partial charge in [-0.2, -0.15) is 0 Å². The lowest BCUT2D eigenvalue weighted by Gasteiger charge is -2.32. The molecule has 0 unspecified atom stereocenters. The van der Waals surface area contributed by atoms with E-state index in [2.05, 4.69) is 74.4 Å². The molecule has 49 heavy (non-hydrogen) atoms.